The molecule has 0 bridgehead atoms. The Labute approximate surface area is 92.0 Å². The normalized spacial score (nSPS) is 13.0. The van der Waals surface area contributed by atoms with Crippen LogP contribution in [0, 0.1) is 0 Å². The zero-order valence-corrected chi connectivity index (χ0v) is 9.66. The van der Waals surface area contributed by atoms with Crippen LogP contribution in [0.1, 0.15) is 19.4 Å². The van der Waals surface area contributed by atoms with Crippen molar-refractivity contribution >= 4 is 6.08 Å². The fourth-order valence-corrected chi connectivity index (χ4v) is 1.19. The van der Waals surface area contributed by atoms with Gasteiger partial charge < -0.3 is 10.1 Å². The molecule has 82 valence electrons. The van der Waals surface area contributed by atoms with Crippen LogP contribution >= 0.6 is 0 Å². The van der Waals surface area contributed by atoms with Gasteiger partial charge in [-0.2, -0.15) is 0 Å². The molecule has 0 amide bonds. The summed E-state index contributed by atoms with van der Waals surface area (Å²) in [4.78, 5) is 0. The maximum atomic E-state index is 5.37. The molecule has 1 N–H and O–H groups in total. The second kappa shape index (κ2) is 6.25. The van der Waals surface area contributed by atoms with Crippen molar-refractivity contribution < 1.29 is 4.74 Å². The molecule has 0 aliphatic rings. The molecule has 15 heavy (non-hydrogen) atoms. The lowest BCUT2D eigenvalue weighted by Gasteiger charge is -2.04. The molecule has 0 heterocycles. The van der Waals surface area contributed by atoms with E-state index in [0.29, 0.717) is 12.6 Å². The molecule has 1 rings (SSSR count). The summed E-state index contributed by atoms with van der Waals surface area (Å²) in [5.41, 5.74) is 1.19. The Balaban J connectivity index is 2.60. The molecule has 0 fully saturated rings. The van der Waals surface area contributed by atoms with Crippen LogP contribution in [-0.4, -0.2) is 19.7 Å². The summed E-state index contributed by atoms with van der Waals surface area (Å²) in [6, 6.07) is 8.50. The Morgan fingerprint density at radius 2 is 2.00 bits per heavy atom. The van der Waals surface area contributed by atoms with E-state index in [1.54, 1.807) is 0 Å². The van der Waals surface area contributed by atoms with Crippen molar-refractivity contribution in [3.63, 3.8) is 0 Å². The maximum Gasteiger partial charge on any atom is 0.119 e. The van der Waals surface area contributed by atoms with Crippen LogP contribution < -0.4 is 10.1 Å². The molecule has 0 unspecified atom stereocenters. The Bertz CT molecular complexity index is 303. The van der Waals surface area contributed by atoms with E-state index in [-0.39, 0.29) is 0 Å². The van der Waals surface area contributed by atoms with Gasteiger partial charge in [0.25, 0.3) is 0 Å². The molecule has 0 aliphatic heterocycles. The average Bonchev–Trinajstić information content (AvgIpc) is 2.28. The molecule has 0 aliphatic carbocycles. The molecule has 1 aromatic carbocycles. The zero-order chi connectivity index (χ0) is 11.1. The molecule has 1 aromatic rings. The van der Waals surface area contributed by atoms with Gasteiger partial charge in [0.2, 0.25) is 0 Å². The molecule has 2 heteroatoms. The van der Waals surface area contributed by atoms with E-state index in [1.165, 1.54) is 5.56 Å². The van der Waals surface area contributed by atoms with E-state index in [0.717, 1.165) is 5.75 Å². The van der Waals surface area contributed by atoms with Crippen LogP contribution in [-0.2, 0) is 0 Å². The van der Waals surface area contributed by atoms with Crippen molar-refractivity contribution in [1.82, 2.24) is 5.32 Å². The lowest BCUT2D eigenvalue weighted by molar-refractivity contribution is 0.340. The first-order valence-electron chi connectivity index (χ1n) is 5.34. The van der Waals surface area contributed by atoms with E-state index in [4.69, 9.17) is 4.74 Å². The van der Waals surface area contributed by atoms with Gasteiger partial charge in [0.15, 0.2) is 0 Å². The fraction of sp³-hybridized carbons (Fsp3) is 0.385. The van der Waals surface area contributed by atoms with Crippen LogP contribution in [0.25, 0.3) is 6.08 Å². The Morgan fingerprint density at radius 1 is 1.33 bits per heavy atom. The van der Waals surface area contributed by atoms with Crippen LogP contribution in [0.2, 0.25) is 0 Å². The average molecular weight is 205 g/mol. The number of nitrogens with one attached hydrogen (secondary N) is 1. The van der Waals surface area contributed by atoms with Crippen molar-refractivity contribution in [3.05, 3.63) is 35.9 Å². The van der Waals surface area contributed by atoms with Crippen molar-refractivity contribution in [2.45, 2.75) is 19.9 Å². The number of hydrogen-bond donors (Lipinski definition) is 1. The van der Waals surface area contributed by atoms with Crippen LogP contribution in [0.5, 0.6) is 5.75 Å². The van der Waals surface area contributed by atoms with Gasteiger partial charge in [-0.05, 0) is 38.6 Å². The SMILES string of the molecule is CCOc1ccc(/C=C/[C@H](C)NC)cc1. The van der Waals surface area contributed by atoms with Crippen LogP contribution in [0.4, 0.5) is 0 Å². The first kappa shape index (κ1) is 11.8. The molecule has 2 nitrogen and oxygen atoms in total. The molecule has 0 radical (unpaired) electrons. The fourth-order valence-electron chi connectivity index (χ4n) is 1.19. The summed E-state index contributed by atoms with van der Waals surface area (Å²) < 4.78 is 5.37. The minimum atomic E-state index is 0.400. The molecule has 0 saturated heterocycles. The largest absolute Gasteiger partial charge is 0.494 e. The van der Waals surface area contributed by atoms with Gasteiger partial charge in [-0.3, -0.25) is 0 Å². The van der Waals surface area contributed by atoms with E-state index < -0.39 is 0 Å². The van der Waals surface area contributed by atoms with E-state index in [1.807, 2.05) is 26.1 Å². The predicted octanol–water partition coefficient (Wildman–Crippen LogP) is 2.71. The van der Waals surface area contributed by atoms with Crippen molar-refractivity contribution in [3.8, 4) is 5.75 Å². The van der Waals surface area contributed by atoms with E-state index in [2.05, 4.69) is 36.5 Å². The summed E-state index contributed by atoms with van der Waals surface area (Å²) in [5.74, 6) is 0.927. The van der Waals surface area contributed by atoms with Gasteiger partial charge in [-0.15, -0.1) is 0 Å². The van der Waals surface area contributed by atoms with Gasteiger partial charge >= 0.3 is 0 Å². The monoisotopic (exact) mass is 205 g/mol. The molecule has 1 atom stereocenters. The van der Waals surface area contributed by atoms with Gasteiger partial charge in [0.05, 0.1) is 6.61 Å². The highest BCUT2D eigenvalue weighted by atomic mass is 16.5. The zero-order valence-electron chi connectivity index (χ0n) is 9.66. The van der Waals surface area contributed by atoms with E-state index in [9.17, 15) is 0 Å². The standard InChI is InChI=1S/C13H19NO/c1-4-15-13-9-7-12(8-10-13)6-5-11(2)14-3/h5-11,14H,4H2,1-3H3/b6-5+/t11-/m0/s1. The third-order valence-electron chi connectivity index (χ3n) is 2.22. The quantitative estimate of drug-likeness (QED) is 0.798. The smallest absolute Gasteiger partial charge is 0.119 e. The molecule has 0 aromatic heterocycles. The molecular formula is C13H19NO. The minimum Gasteiger partial charge on any atom is -0.494 e. The second-order valence-corrected chi connectivity index (χ2v) is 3.44. The van der Waals surface area contributed by atoms with Gasteiger partial charge in [0.1, 0.15) is 5.75 Å². The van der Waals surface area contributed by atoms with Gasteiger partial charge in [-0.1, -0.05) is 24.3 Å². The number of ether oxygens (including phenoxy) is 1. The highest BCUT2D eigenvalue weighted by molar-refractivity contribution is 5.51. The molecular weight excluding hydrogens is 186 g/mol. The lowest BCUT2D eigenvalue weighted by atomic mass is 10.2. The third kappa shape index (κ3) is 4.17. The van der Waals surface area contributed by atoms with Crippen molar-refractivity contribution in [2.75, 3.05) is 13.7 Å². The van der Waals surface area contributed by atoms with Gasteiger partial charge in [0, 0.05) is 6.04 Å². The van der Waals surface area contributed by atoms with Gasteiger partial charge in [-0.25, -0.2) is 0 Å². The highest BCUT2D eigenvalue weighted by Crippen LogP contribution is 2.13. The number of hydrogen-bond acceptors (Lipinski definition) is 2. The second-order valence-electron chi connectivity index (χ2n) is 3.44. The Hall–Kier alpha value is -1.28. The number of likely N-dealkylation sites (N-methyl/N-ethyl adjacent to an activating group) is 1. The number of rotatable bonds is 5. The summed E-state index contributed by atoms with van der Waals surface area (Å²) in [6.07, 6.45) is 4.24. The Kier molecular flexibility index (Phi) is 4.91. The van der Waals surface area contributed by atoms with Crippen molar-refractivity contribution in [1.29, 1.82) is 0 Å². The summed E-state index contributed by atoms with van der Waals surface area (Å²) >= 11 is 0. The summed E-state index contributed by atoms with van der Waals surface area (Å²) in [6.45, 7) is 4.82. The lowest BCUT2D eigenvalue weighted by Crippen LogP contribution is -2.17. The topological polar surface area (TPSA) is 21.3 Å². The third-order valence-corrected chi connectivity index (χ3v) is 2.22. The first-order valence-corrected chi connectivity index (χ1v) is 5.34. The van der Waals surface area contributed by atoms with E-state index >= 15 is 0 Å². The van der Waals surface area contributed by atoms with Crippen molar-refractivity contribution in [2.24, 2.45) is 0 Å². The summed E-state index contributed by atoms with van der Waals surface area (Å²) in [5, 5.41) is 3.16. The minimum absolute atomic E-state index is 0.400. The maximum absolute atomic E-state index is 5.37. The first-order chi connectivity index (χ1) is 7.26. The highest BCUT2D eigenvalue weighted by Gasteiger charge is 1.93. The predicted molar refractivity (Wildman–Crippen MR) is 65.2 cm³/mol. The molecule has 0 saturated carbocycles. The number of benzene rings is 1. The Morgan fingerprint density at radius 3 is 2.53 bits per heavy atom. The molecule has 0 spiro atoms. The summed E-state index contributed by atoms with van der Waals surface area (Å²) in [7, 11) is 1.95. The van der Waals surface area contributed by atoms with Crippen LogP contribution in [0.15, 0.2) is 30.3 Å². The van der Waals surface area contributed by atoms with Crippen LogP contribution in [0.3, 0.4) is 0 Å².